The van der Waals surface area contributed by atoms with Crippen LogP contribution in [0.2, 0.25) is 0 Å². The van der Waals surface area contributed by atoms with Crippen LogP contribution in [0.15, 0.2) is 18.2 Å². The minimum Gasteiger partial charge on any atom is -0.496 e. The SMILES string of the molecule is CCN(CC(=O)O)C1CC(NC(=O)N(C)Cc2ccc(OC)c(C)c2)C1. The second kappa shape index (κ2) is 8.89. The van der Waals surface area contributed by atoms with Gasteiger partial charge in [0.2, 0.25) is 0 Å². The first-order valence-corrected chi connectivity index (χ1v) is 8.95. The molecule has 0 atom stereocenters. The zero-order chi connectivity index (χ0) is 19.3. The molecule has 0 spiro atoms. The van der Waals surface area contributed by atoms with Crippen molar-refractivity contribution in [3.05, 3.63) is 29.3 Å². The Hall–Kier alpha value is -2.28. The topological polar surface area (TPSA) is 82.1 Å². The molecule has 0 bridgehead atoms. The number of carbonyl (C=O) groups is 2. The van der Waals surface area contributed by atoms with Gasteiger partial charge in [0, 0.05) is 25.7 Å². The van der Waals surface area contributed by atoms with E-state index >= 15 is 0 Å². The van der Waals surface area contributed by atoms with E-state index in [9.17, 15) is 9.59 Å². The van der Waals surface area contributed by atoms with Crippen LogP contribution >= 0.6 is 0 Å². The van der Waals surface area contributed by atoms with Crippen molar-refractivity contribution in [1.29, 1.82) is 0 Å². The smallest absolute Gasteiger partial charge is 0.317 e. The third-order valence-corrected chi connectivity index (χ3v) is 4.93. The number of nitrogens with zero attached hydrogens (tertiary/aromatic N) is 2. The fourth-order valence-electron chi connectivity index (χ4n) is 3.35. The second-order valence-electron chi connectivity index (χ2n) is 6.89. The molecule has 2 N–H and O–H groups in total. The molecule has 144 valence electrons. The van der Waals surface area contributed by atoms with E-state index in [1.54, 1.807) is 19.1 Å². The summed E-state index contributed by atoms with van der Waals surface area (Å²) < 4.78 is 5.26. The first-order chi connectivity index (χ1) is 12.3. The van der Waals surface area contributed by atoms with Crippen LogP contribution in [0.25, 0.3) is 0 Å². The standard InChI is InChI=1S/C19H29N3O4/c1-5-22(12-18(23)24)16-9-15(10-16)20-19(25)21(3)11-14-6-7-17(26-4)13(2)8-14/h6-8,15-16H,5,9-12H2,1-4H3,(H,20,25)(H,23,24). The third-order valence-electron chi connectivity index (χ3n) is 4.93. The fraction of sp³-hybridized carbons (Fsp3) is 0.579. The van der Waals surface area contributed by atoms with Crippen molar-refractivity contribution in [3.63, 3.8) is 0 Å². The highest BCUT2D eigenvalue weighted by Gasteiger charge is 2.35. The molecule has 7 heteroatoms. The van der Waals surface area contributed by atoms with Crippen LogP contribution < -0.4 is 10.1 Å². The summed E-state index contributed by atoms with van der Waals surface area (Å²) in [6, 6.07) is 6.12. The number of benzene rings is 1. The zero-order valence-electron chi connectivity index (χ0n) is 16.0. The second-order valence-corrected chi connectivity index (χ2v) is 6.89. The van der Waals surface area contributed by atoms with Gasteiger partial charge in [-0.25, -0.2) is 4.79 Å². The number of urea groups is 1. The molecule has 0 aromatic heterocycles. The number of aliphatic carboxylic acids is 1. The molecule has 0 radical (unpaired) electrons. The quantitative estimate of drug-likeness (QED) is 0.739. The van der Waals surface area contributed by atoms with Crippen molar-refractivity contribution in [3.8, 4) is 5.75 Å². The lowest BCUT2D eigenvalue weighted by molar-refractivity contribution is -0.139. The largest absolute Gasteiger partial charge is 0.496 e. The molecule has 1 aromatic rings. The maximum atomic E-state index is 12.4. The van der Waals surface area contributed by atoms with E-state index < -0.39 is 5.97 Å². The van der Waals surface area contributed by atoms with E-state index in [0.717, 1.165) is 29.7 Å². The van der Waals surface area contributed by atoms with Crippen molar-refractivity contribution < 1.29 is 19.4 Å². The van der Waals surface area contributed by atoms with Gasteiger partial charge >= 0.3 is 12.0 Å². The Morgan fingerprint density at radius 3 is 2.58 bits per heavy atom. The molecule has 1 aromatic carbocycles. The summed E-state index contributed by atoms with van der Waals surface area (Å²) in [4.78, 5) is 26.8. The van der Waals surface area contributed by atoms with Crippen molar-refractivity contribution in [1.82, 2.24) is 15.1 Å². The molecule has 1 fully saturated rings. The normalized spacial score (nSPS) is 19.0. The number of ether oxygens (including phenoxy) is 1. The lowest BCUT2D eigenvalue weighted by Gasteiger charge is -2.42. The Morgan fingerprint density at radius 1 is 1.35 bits per heavy atom. The first-order valence-electron chi connectivity index (χ1n) is 8.95. The minimum atomic E-state index is -0.811. The molecule has 2 rings (SSSR count). The van der Waals surface area contributed by atoms with Crippen LogP contribution in [-0.4, -0.2) is 66.2 Å². The molecule has 2 amide bonds. The average Bonchev–Trinajstić information content (AvgIpc) is 2.55. The highest BCUT2D eigenvalue weighted by atomic mass is 16.5. The van der Waals surface area contributed by atoms with Crippen LogP contribution in [0.4, 0.5) is 4.79 Å². The lowest BCUT2D eigenvalue weighted by Crippen LogP contribution is -2.56. The van der Waals surface area contributed by atoms with Gasteiger partial charge in [0.25, 0.3) is 0 Å². The number of nitrogens with one attached hydrogen (secondary N) is 1. The Labute approximate surface area is 154 Å². The van der Waals surface area contributed by atoms with Crippen LogP contribution in [0, 0.1) is 6.92 Å². The molecule has 7 nitrogen and oxygen atoms in total. The number of amides is 2. The highest BCUT2D eigenvalue weighted by Crippen LogP contribution is 2.26. The summed E-state index contributed by atoms with van der Waals surface area (Å²) in [7, 11) is 3.41. The number of methoxy groups -OCH3 is 1. The third kappa shape index (κ3) is 5.11. The van der Waals surface area contributed by atoms with Crippen LogP contribution in [0.5, 0.6) is 5.75 Å². The van der Waals surface area contributed by atoms with E-state index in [1.807, 2.05) is 36.9 Å². The summed E-state index contributed by atoms with van der Waals surface area (Å²) in [5.41, 5.74) is 2.09. The first kappa shape index (κ1) is 20.0. The highest BCUT2D eigenvalue weighted by molar-refractivity contribution is 5.74. The number of carboxylic acids is 1. The van der Waals surface area contributed by atoms with Gasteiger partial charge in [0.1, 0.15) is 5.75 Å². The monoisotopic (exact) mass is 363 g/mol. The number of carbonyl (C=O) groups excluding carboxylic acids is 1. The summed E-state index contributed by atoms with van der Waals surface area (Å²) in [6.07, 6.45) is 1.59. The predicted molar refractivity (Wildman–Crippen MR) is 99.4 cm³/mol. The molecule has 1 aliphatic rings. The predicted octanol–water partition coefficient (Wildman–Crippen LogP) is 2.08. The maximum absolute atomic E-state index is 12.4. The number of hydrogen-bond donors (Lipinski definition) is 2. The Kier molecular flexibility index (Phi) is 6.85. The van der Waals surface area contributed by atoms with Crippen molar-refractivity contribution >= 4 is 12.0 Å². The molecule has 0 aliphatic heterocycles. The minimum absolute atomic E-state index is 0.0541. The Bertz CT molecular complexity index is 644. The van der Waals surface area contributed by atoms with Gasteiger partial charge in [0.15, 0.2) is 0 Å². The van der Waals surface area contributed by atoms with Gasteiger partial charge in [-0.05, 0) is 43.5 Å². The number of aryl methyl sites for hydroxylation is 1. The summed E-state index contributed by atoms with van der Waals surface area (Å²) in [5.74, 6) is 0.0251. The number of carboxylic acid groups (broad SMARTS) is 1. The van der Waals surface area contributed by atoms with Crippen molar-refractivity contribution in [2.24, 2.45) is 0 Å². The summed E-state index contributed by atoms with van der Waals surface area (Å²) in [5, 5.41) is 12.0. The van der Waals surface area contributed by atoms with Gasteiger partial charge in [-0.15, -0.1) is 0 Å². The fourth-order valence-corrected chi connectivity index (χ4v) is 3.35. The number of rotatable bonds is 8. The van der Waals surface area contributed by atoms with Crippen LogP contribution in [-0.2, 0) is 11.3 Å². The Morgan fingerprint density at radius 2 is 2.04 bits per heavy atom. The van der Waals surface area contributed by atoms with Crippen LogP contribution in [0.3, 0.4) is 0 Å². The van der Waals surface area contributed by atoms with Gasteiger partial charge < -0.3 is 20.1 Å². The van der Waals surface area contributed by atoms with Gasteiger partial charge in [-0.1, -0.05) is 19.1 Å². The van der Waals surface area contributed by atoms with E-state index in [0.29, 0.717) is 13.1 Å². The Balaban J connectivity index is 1.79. The zero-order valence-corrected chi connectivity index (χ0v) is 16.0. The van der Waals surface area contributed by atoms with E-state index in [4.69, 9.17) is 9.84 Å². The molecule has 1 saturated carbocycles. The van der Waals surface area contributed by atoms with Crippen LogP contribution in [0.1, 0.15) is 30.9 Å². The van der Waals surface area contributed by atoms with E-state index in [-0.39, 0.29) is 24.7 Å². The molecule has 0 heterocycles. The van der Waals surface area contributed by atoms with E-state index in [2.05, 4.69) is 5.32 Å². The number of hydrogen-bond acceptors (Lipinski definition) is 4. The van der Waals surface area contributed by atoms with Gasteiger partial charge in [-0.2, -0.15) is 0 Å². The molecule has 1 aliphatic carbocycles. The molecular weight excluding hydrogens is 334 g/mol. The van der Waals surface area contributed by atoms with Crippen molar-refractivity contribution in [2.75, 3.05) is 27.2 Å². The molecule has 0 unspecified atom stereocenters. The lowest BCUT2D eigenvalue weighted by atomic mass is 9.85. The maximum Gasteiger partial charge on any atom is 0.317 e. The summed E-state index contributed by atoms with van der Waals surface area (Å²) in [6.45, 7) is 5.22. The van der Waals surface area contributed by atoms with E-state index in [1.165, 1.54) is 0 Å². The average molecular weight is 363 g/mol. The van der Waals surface area contributed by atoms with Crippen molar-refractivity contribution in [2.45, 2.75) is 45.3 Å². The molecular formula is C19H29N3O4. The molecule has 26 heavy (non-hydrogen) atoms. The summed E-state index contributed by atoms with van der Waals surface area (Å²) >= 11 is 0. The number of likely N-dealkylation sites (N-methyl/N-ethyl adjacent to an activating group) is 1. The molecule has 0 saturated heterocycles. The van der Waals surface area contributed by atoms with Gasteiger partial charge in [-0.3, -0.25) is 9.69 Å². The van der Waals surface area contributed by atoms with Gasteiger partial charge in [0.05, 0.1) is 13.7 Å².